The Morgan fingerprint density at radius 1 is 1.30 bits per heavy atom. The molecule has 0 bridgehead atoms. The first-order valence-electron chi connectivity index (χ1n) is 11.8. The predicted octanol–water partition coefficient (Wildman–Crippen LogP) is 4.48. The van der Waals surface area contributed by atoms with Crippen LogP contribution >= 0.6 is 0 Å². The largest absolute Gasteiger partial charge is 0.497 e. The summed E-state index contributed by atoms with van der Waals surface area (Å²) < 4.78 is 11.4. The van der Waals surface area contributed by atoms with Gasteiger partial charge in [-0.15, -0.1) is 0 Å². The zero-order valence-corrected chi connectivity index (χ0v) is 20.1. The van der Waals surface area contributed by atoms with Crippen LogP contribution in [0.25, 0.3) is 6.08 Å². The molecule has 6 heteroatoms. The highest BCUT2D eigenvalue weighted by Gasteiger charge is 2.33. The fourth-order valence-electron chi connectivity index (χ4n) is 4.57. The number of methoxy groups -OCH3 is 1. The van der Waals surface area contributed by atoms with Gasteiger partial charge in [-0.3, -0.25) is 14.7 Å². The highest BCUT2D eigenvalue weighted by atomic mass is 16.5. The second kappa shape index (κ2) is 9.96. The Labute approximate surface area is 197 Å². The van der Waals surface area contributed by atoms with Crippen molar-refractivity contribution in [2.24, 2.45) is 11.3 Å². The molecule has 2 unspecified atom stereocenters. The second-order valence-electron chi connectivity index (χ2n) is 10.1. The Balaban J connectivity index is 1.49. The molecule has 0 aliphatic carbocycles. The van der Waals surface area contributed by atoms with E-state index in [2.05, 4.69) is 21.3 Å². The number of ether oxygens (including phenoxy) is 2. The summed E-state index contributed by atoms with van der Waals surface area (Å²) in [5.74, 6) is 2.10. The Bertz CT molecular complexity index is 997. The molecule has 0 saturated carbocycles. The maximum atomic E-state index is 12.9. The van der Waals surface area contributed by atoms with Crippen LogP contribution in [0.15, 0.2) is 48.2 Å². The molecule has 0 spiro atoms. The maximum Gasteiger partial charge on any atom is 0.225 e. The van der Waals surface area contributed by atoms with Gasteiger partial charge in [-0.1, -0.05) is 26.8 Å². The van der Waals surface area contributed by atoms with E-state index >= 15 is 0 Å². The summed E-state index contributed by atoms with van der Waals surface area (Å²) in [6.07, 6.45) is 6.19. The van der Waals surface area contributed by atoms with Crippen LogP contribution in [0.4, 0.5) is 0 Å². The highest BCUT2D eigenvalue weighted by molar-refractivity contribution is 5.81. The lowest BCUT2D eigenvalue weighted by Crippen LogP contribution is -2.46. The van der Waals surface area contributed by atoms with Crippen molar-refractivity contribution in [2.45, 2.75) is 39.7 Å². The van der Waals surface area contributed by atoms with Gasteiger partial charge in [0.1, 0.15) is 18.1 Å². The van der Waals surface area contributed by atoms with Crippen LogP contribution in [0.2, 0.25) is 0 Å². The minimum absolute atomic E-state index is 0.0595. The van der Waals surface area contributed by atoms with Gasteiger partial charge in [0.2, 0.25) is 5.91 Å². The number of likely N-dealkylation sites (tertiary alicyclic amines) is 1. The second-order valence-corrected chi connectivity index (χ2v) is 10.1. The fourth-order valence-corrected chi connectivity index (χ4v) is 4.57. The van der Waals surface area contributed by atoms with E-state index in [0.717, 1.165) is 55.2 Å². The Hall–Kier alpha value is -2.86. The van der Waals surface area contributed by atoms with Crippen molar-refractivity contribution in [2.75, 3.05) is 33.4 Å². The molecule has 2 aliphatic rings. The summed E-state index contributed by atoms with van der Waals surface area (Å²) in [5, 5.41) is 3.31. The Morgan fingerprint density at radius 3 is 2.88 bits per heavy atom. The molecule has 1 aromatic carbocycles. The monoisotopic (exact) mass is 449 g/mol. The summed E-state index contributed by atoms with van der Waals surface area (Å²) in [6.45, 7) is 9.27. The van der Waals surface area contributed by atoms with E-state index in [9.17, 15) is 4.79 Å². The van der Waals surface area contributed by atoms with Crippen molar-refractivity contribution in [3.63, 3.8) is 0 Å². The smallest absolute Gasteiger partial charge is 0.225 e. The predicted molar refractivity (Wildman–Crippen MR) is 130 cm³/mol. The number of rotatable bonds is 6. The third-order valence-corrected chi connectivity index (χ3v) is 6.40. The van der Waals surface area contributed by atoms with Crippen molar-refractivity contribution in [3.8, 4) is 11.5 Å². The van der Waals surface area contributed by atoms with E-state index < -0.39 is 5.41 Å². The molecule has 1 saturated heterocycles. The van der Waals surface area contributed by atoms with E-state index in [0.29, 0.717) is 12.5 Å². The third-order valence-electron chi connectivity index (χ3n) is 6.40. The molecule has 6 nitrogen and oxygen atoms in total. The van der Waals surface area contributed by atoms with E-state index in [-0.39, 0.29) is 11.9 Å². The molecule has 2 aromatic rings. The number of carbonyl (C=O) groups excluding carboxylic acids is 1. The number of nitrogens with one attached hydrogen (secondary N) is 1. The van der Waals surface area contributed by atoms with Gasteiger partial charge in [0.25, 0.3) is 0 Å². The molecular formula is C27H35N3O3. The number of piperidine rings is 1. The summed E-state index contributed by atoms with van der Waals surface area (Å²) >= 11 is 0. The lowest BCUT2D eigenvalue weighted by Gasteiger charge is -2.38. The summed E-state index contributed by atoms with van der Waals surface area (Å²) in [4.78, 5) is 19.9. The number of fused-ring (bicyclic) bond motifs is 1. The van der Waals surface area contributed by atoms with Crippen molar-refractivity contribution < 1.29 is 14.3 Å². The van der Waals surface area contributed by atoms with Crippen molar-refractivity contribution in [1.82, 2.24) is 15.2 Å². The number of aromatic nitrogens is 1. The van der Waals surface area contributed by atoms with Crippen molar-refractivity contribution >= 4 is 12.0 Å². The van der Waals surface area contributed by atoms with Gasteiger partial charge in [0, 0.05) is 30.3 Å². The molecule has 176 valence electrons. The minimum Gasteiger partial charge on any atom is -0.497 e. The van der Waals surface area contributed by atoms with Crippen LogP contribution in [0.1, 0.15) is 50.9 Å². The number of hydrogen-bond acceptors (Lipinski definition) is 5. The van der Waals surface area contributed by atoms with Crippen LogP contribution in [0.3, 0.4) is 0 Å². The molecule has 0 radical (unpaired) electrons. The van der Waals surface area contributed by atoms with Crippen molar-refractivity contribution in [3.05, 3.63) is 59.4 Å². The van der Waals surface area contributed by atoms with Crippen LogP contribution < -0.4 is 14.8 Å². The van der Waals surface area contributed by atoms with Gasteiger partial charge in [0.15, 0.2) is 0 Å². The lowest BCUT2D eigenvalue weighted by atomic mass is 9.86. The maximum absolute atomic E-state index is 12.9. The first-order valence-corrected chi connectivity index (χ1v) is 11.8. The quantitative estimate of drug-likeness (QED) is 0.704. The molecule has 2 atom stereocenters. The Kier molecular flexibility index (Phi) is 7.03. The average molecular weight is 450 g/mol. The summed E-state index contributed by atoms with van der Waals surface area (Å²) in [5.41, 5.74) is 2.81. The third kappa shape index (κ3) is 5.74. The van der Waals surface area contributed by atoms with Gasteiger partial charge in [-0.25, -0.2) is 0 Å². The first kappa shape index (κ1) is 23.3. The normalized spacial score (nSPS) is 19.6. The molecule has 2 aliphatic heterocycles. The molecular weight excluding hydrogens is 414 g/mol. The molecule has 1 fully saturated rings. The van der Waals surface area contributed by atoms with E-state index in [1.807, 2.05) is 63.4 Å². The molecule has 4 rings (SSSR count). The lowest BCUT2D eigenvalue weighted by molar-refractivity contribution is -0.129. The topological polar surface area (TPSA) is 63.7 Å². The molecule has 1 N–H and O–H groups in total. The minimum atomic E-state index is -0.444. The first-order chi connectivity index (χ1) is 15.8. The molecule has 33 heavy (non-hydrogen) atoms. The number of amides is 1. The number of nitrogens with zero attached hydrogens (tertiary/aromatic N) is 2. The molecule has 3 heterocycles. The van der Waals surface area contributed by atoms with Gasteiger partial charge >= 0.3 is 0 Å². The van der Waals surface area contributed by atoms with E-state index in [1.54, 1.807) is 7.11 Å². The van der Waals surface area contributed by atoms with Crippen molar-refractivity contribution in [1.29, 1.82) is 0 Å². The van der Waals surface area contributed by atoms with Crippen LogP contribution in [-0.4, -0.2) is 49.1 Å². The number of pyridine rings is 1. The fraction of sp³-hybridized carbons (Fsp3) is 0.481. The highest BCUT2D eigenvalue weighted by Crippen LogP contribution is 2.33. The van der Waals surface area contributed by atoms with Crippen LogP contribution in [0.5, 0.6) is 11.5 Å². The van der Waals surface area contributed by atoms with Crippen LogP contribution in [-0.2, 0) is 4.79 Å². The molecule has 1 aromatic heterocycles. The van der Waals surface area contributed by atoms with Gasteiger partial charge in [-0.2, -0.15) is 0 Å². The summed E-state index contributed by atoms with van der Waals surface area (Å²) in [6, 6.07) is 11.8. The standard InChI is InChI=1S/C27H35N3O3/c1-27(2,3)26(31)29-25(23-9-5-6-12-28-23)20-8-7-13-30(17-20)16-19-14-21-15-22(32-4)10-11-24(21)33-18-19/h5-6,9-12,14-15,20,25H,7-8,13,16-18H2,1-4H3,(H,29,31). The number of benzene rings is 1. The average Bonchev–Trinajstić information content (AvgIpc) is 2.82. The van der Waals surface area contributed by atoms with Gasteiger partial charge in [-0.05, 0) is 67.3 Å². The number of carbonyl (C=O) groups is 1. The van der Waals surface area contributed by atoms with E-state index in [4.69, 9.17) is 9.47 Å². The number of hydrogen-bond donors (Lipinski definition) is 1. The van der Waals surface area contributed by atoms with Crippen LogP contribution in [0, 0.1) is 11.3 Å². The zero-order chi connectivity index (χ0) is 23.4. The zero-order valence-electron chi connectivity index (χ0n) is 20.1. The SMILES string of the molecule is COc1ccc2c(c1)C=C(CN1CCCC(C(NC(=O)C(C)(C)C)c3ccccn3)C1)CO2. The van der Waals surface area contributed by atoms with Gasteiger partial charge < -0.3 is 14.8 Å². The molecule has 1 amide bonds. The Morgan fingerprint density at radius 2 is 2.15 bits per heavy atom. The van der Waals surface area contributed by atoms with E-state index in [1.165, 1.54) is 5.57 Å². The van der Waals surface area contributed by atoms with Gasteiger partial charge in [0.05, 0.1) is 18.8 Å². The summed E-state index contributed by atoms with van der Waals surface area (Å²) in [7, 11) is 1.68.